The first-order valence-corrected chi connectivity index (χ1v) is 13.0. The summed E-state index contributed by atoms with van der Waals surface area (Å²) in [4.78, 5) is 36.5. The Morgan fingerprint density at radius 1 is 1.08 bits per heavy atom. The van der Waals surface area contributed by atoms with Crippen LogP contribution in [0.25, 0.3) is 11.3 Å². The number of piperazine rings is 1. The van der Waals surface area contributed by atoms with Gasteiger partial charge < -0.3 is 29.9 Å². The standard InChI is InChI=1S/C26H30ClFN8O3/c1-15-13-34(24-22(27)32-21(23(29)33-24)25(37)38-3)8-9-35(15)20-12-19(17-4-6-18(28)7-5-17)30-26(31-20)36-10-11-39-14-16(36)2/h4-7,12,15-16H,8-11,13-14H2,1-3H3,(H2,29,33)/t15-,16-/m1/s1. The minimum Gasteiger partial charge on any atom is -0.464 e. The number of halogens is 2. The summed E-state index contributed by atoms with van der Waals surface area (Å²) in [6.45, 7) is 7.76. The van der Waals surface area contributed by atoms with Crippen LogP contribution in [0.5, 0.6) is 0 Å². The summed E-state index contributed by atoms with van der Waals surface area (Å²) in [6.07, 6.45) is 0. The number of morpholine rings is 1. The Kier molecular flexibility index (Phi) is 7.67. The maximum absolute atomic E-state index is 13.6. The van der Waals surface area contributed by atoms with E-state index in [1.165, 1.54) is 19.2 Å². The van der Waals surface area contributed by atoms with Gasteiger partial charge in [-0.05, 0) is 38.1 Å². The Labute approximate surface area is 230 Å². The fraction of sp³-hybridized carbons (Fsp3) is 0.423. The second kappa shape index (κ2) is 11.1. The van der Waals surface area contributed by atoms with Gasteiger partial charge in [0.05, 0.1) is 32.1 Å². The van der Waals surface area contributed by atoms with Crippen LogP contribution in [0.4, 0.5) is 27.8 Å². The van der Waals surface area contributed by atoms with Gasteiger partial charge >= 0.3 is 5.97 Å². The van der Waals surface area contributed by atoms with Crippen molar-refractivity contribution in [3.05, 3.63) is 47.0 Å². The molecule has 0 amide bonds. The number of rotatable bonds is 5. The van der Waals surface area contributed by atoms with Gasteiger partial charge in [0.2, 0.25) is 5.95 Å². The number of anilines is 4. The molecule has 2 saturated heterocycles. The van der Waals surface area contributed by atoms with Gasteiger partial charge in [-0.3, -0.25) is 0 Å². The number of carbonyl (C=O) groups excluding carboxylic acids is 1. The largest absolute Gasteiger partial charge is 0.464 e. The van der Waals surface area contributed by atoms with E-state index in [1.807, 2.05) is 11.0 Å². The van der Waals surface area contributed by atoms with E-state index in [2.05, 4.69) is 33.6 Å². The Hall–Kier alpha value is -3.77. The monoisotopic (exact) mass is 556 g/mol. The summed E-state index contributed by atoms with van der Waals surface area (Å²) in [6, 6.07) is 8.35. The van der Waals surface area contributed by atoms with Crippen molar-refractivity contribution in [3.63, 3.8) is 0 Å². The van der Waals surface area contributed by atoms with Crippen LogP contribution in [0.3, 0.4) is 0 Å². The van der Waals surface area contributed by atoms with Crippen LogP contribution < -0.4 is 20.4 Å². The molecule has 13 heteroatoms. The van der Waals surface area contributed by atoms with Crippen molar-refractivity contribution in [2.75, 3.05) is 66.9 Å². The number of carbonyl (C=O) groups is 1. The molecule has 2 fully saturated rings. The fourth-order valence-electron chi connectivity index (χ4n) is 4.85. The minimum absolute atomic E-state index is 0.00375. The molecule has 2 aliphatic heterocycles. The van der Waals surface area contributed by atoms with E-state index in [-0.39, 0.29) is 34.6 Å². The van der Waals surface area contributed by atoms with E-state index in [0.717, 1.165) is 11.4 Å². The number of benzene rings is 1. The molecule has 5 rings (SSSR count). The van der Waals surface area contributed by atoms with Crippen molar-refractivity contribution in [1.29, 1.82) is 0 Å². The second-order valence-corrected chi connectivity index (χ2v) is 9.95. The second-order valence-electron chi connectivity index (χ2n) is 9.59. The zero-order valence-electron chi connectivity index (χ0n) is 22.0. The van der Waals surface area contributed by atoms with Gasteiger partial charge in [-0.1, -0.05) is 11.6 Å². The summed E-state index contributed by atoms with van der Waals surface area (Å²) in [5.41, 5.74) is 7.38. The number of ether oxygens (including phenoxy) is 2. The van der Waals surface area contributed by atoms with Crippen LogP contribution in [-0.4, -0.2) is 84.5 Å². The predicted molar refractivity (Wildman–Crippen MR) is 147 cm³/mol. The lowest BCUT2D eigenvalue weighted by atomic mass is 10.1. The quantitative estimate of drug-likeness (QED) is 0.466. The van der Waals surface area contributed by atoms with Crippen molar-refractivity contribution in [3.8, 4) is 11.3 Å². The van der Waals surface area contributed by atoms with Crippen LogP contribution in [0, 0.1) is 5.82 Å². The first-order valence-electron chi connectivity index (χ1n) is 12.7. The lowest BCUT2D eigenvalue weighted by Crippen LogP contribution is -2.53. The number of nitrogens with zero attached hydrogens (tertiary/aromatic N) is 7. The van der Waals surface area contributed by atoms with Crippen molar-refractivity contribution in [2.45, 2.75) is 25.9 Å². The number of methoxy groups -OCH3 is 1. The van der Waals surface area contributed by atoms with E-state index >= 15 is 0 Å². The first kappa shape index (κ1) is 26.8. The van der Waals surface area contributed by atoms with Crippen LogP contribution in [0.15, 0.2) is 30.3 Å². The van der Waals surface area contributed by atoms with Gasteiger partial charge in [-0.15, -0.1) is 0 Å². The molecule has 3 aromatic rings. The molecule has 2 N–H and O–H groups in total. The van der Waals surface area contributed by atoms with E-state index in [1.54, 1.807) is 12.1 Å². The smallest absolute Gasteiger partial charge is 0.360 e. The van der Waals surface area contributed by atoms with Gasteiger partial charge in [-0.25, -0.2) is 24.1 Å². The number of hydrogen-bond acceptors (Lipinski definition) is 11. The Morgan fingerprint density at radius 3 is 2.54 bits per heavy atom. The molecule has 39 heavy (non-hydrogen) atoms. The van der Waals surface area contributed by atoms with E-state index in [4.69, 9.17) is 36.8 Å². The zero-order chi connectivity index (χ0) is 27.7. The lowest BCUT2D eigenvalue weighted by molar-refractivity contribution is 0.0595. The minimum atomic E-state index is -0.697. The number of aromatic nitrogens is 4. The predicted octanol–water partition coefficient (Wildman–Crippen LogP) is 3.04. The number of nitrogens with two attached hydrogens (primary N) is 1. The van der Waals surface area contributed by atoms with Gasteiger partial charge in [0.1, 0.15) is 11.6 Å². The molecule has 0 radical (unpaired) electrons. The molecule has 2 aromatic heterocycles. The molecule has 11 nitrogen and oxygen atoms in total. The fourth-order valence-corrected chi connectivity index (χ4v) is 5.09. The Balaban J connectivity index is 1.44. The summed E-state index contributed by atoms with van der Waals surface area (Å²) >= 11 is 6.40. The van der Waals surface area contributed by atoms with Crippen LogP contribution in [0.1, 0.15) is 24.3 Å². The van der Waals surface area contributed by atoms with Crippen LogP contribution >= 0.6 is 11.6 Å². The third kappa shape index (κ3) is 5.52. The Morgan fingerprint density at radius 2 is 1.85 bits per heavy atom. The molecule has 0 unspecified atom stereocenters. The molecule has 2 atom stereocenters. The molecule has 0 aliphatic carbocycles. The SMILES string of the molecule is COC(=O)c1nc(Cl)c(N2CCN(c3cc(-c4ccc(F)cc4)nc(N4CCOC[C@H]4C)n3)[C@H](C)C2)nc1N. The molecule has 206 valence electrons. The van der Waals surface area contributed by atoms with Crippen molar-refractivity contribution in [2.24, 2.45) is 0 Å². The summed E-state index contributed by atoms with van der Waals surface area (Å²) in [7, 11) is 1.24. The normalized spacial score (nSPS) is 19.8. The van der Waals surface area contributed by atoms with Crippen molar-refractivity contribution < 1.29 is 18.7 Å². The maximum atomic E-state index is 13.6. The van der Waals surface area contributed by atoms with E-state index in [0.29, 0.717) is 56.9 Å². The van der Waals surface area contributed by atoms with Crippen LogP contribution in [0.2, 0.25) is 5.15 Å². The summed E-state index contributed by atoms with van der Waals surface area (Å²) in [5.74, 6) is 0.742. The molecule has 2 aliphatic rings. The van der Waals surface area contributed by atoms with Crippen molar-refractivity contribution >= 4 is 41.0 Å². The highest BCUT2D eigenvalue weighted by molar-refractivity contribution is 6.32. The molecule has 0 spiro atoms. The molecular weight excluding hydrogens is 527 g/mol. The van der Waals surface area contributed by atoms with Gasteiger partial charge in [-0.2, -0.15) is 4.98 Å². The number of hydrogen-bond donors (Lipinski definition) is 1. The third-order valence-electron chi connectivity index (χ3n) is 6.93. The van der Waals surface area contributed by atoms with E-state index in [9.17, 15) is 9.18 Å². The molecule has 0 saturated carbocycles. The van der Waals surface area contributed by atoms with Crippen molar-refractivity contribution in [1.82, 2.24) is 19.9 Å². The highest BCUT2D eigenvalue weighted by Gasteiger charge is 2.30. The van der Waals surface area contributed by atoms with E-state index < -0.39 is 5.97 Å². The third-order valence-corrected chi connectivity index (χ3v) is 7.18. The topological polar surface area (TPSA) is 123 Å². The highest BCUT2D eigenvalue weighted by Crippen LogP contribution is 2.31. The lowest BCUT2D eigenvalue weighted by Gasteiger charge is -2.41. The summed E-state index contributed by atoms with van der Waals surface area (Å²) in [5, 5.41) is 0.0782. The Bertz CT molecular complexity index is 1360. The molecule has 1 aromatic carbocycles. The van der Waals surface area contributed by atoms with Gasteiger partial charge in [0, 0.05) is 43.9 Å². The van der Waals surface area contributed by atoms with Gasteiger partial charge in [0.25, 0.3) is 0 Å². The zero-order valence-corrected chi connectivity index (χ0v) is 22.7. The summed E-state index contributed by atoms with van der Waals surface area (Å²) < 4.78 is 24.0. The number of nitrogen functional groups attached to an aromatic ring is 1. The average molecular weight is 557 g/mol. The first-order chi connectivity index (χ1) is 18.7. The molecule has 0 bridgehead atoms. The van der Waals surface area contributed by atoms with Gasteiger partial charge in [0.15, 0.2) is 22.5 Å². The average Bonchev–Trinajstić information content (AvgIpc) is 2.94. The van der Waals surface area contributed by atoms with Crippen LogP contribution in [-0.2, 0) is 9.47 Å². The molecule has 4 heterocycles. The molecular formula is C26H30ClFN8O3. The number of esters is 1. The maximum Gasteiger partial charge on any atom is 0.360 e. The highest BCUT2D eigenvalue weighted by atomic mass is 35.5.